The van der Waals surface area contributed by atoms with Crippen molar-refractivity contribution < 1.29 is 14.7 Å². The van der Waals surface area contributed by atoms with E-state index in [1.807, 2.05) is 18.2 Å². The van der Waals surface area contributed by atoms with Crippen LogP contribution in [-0.2, 0) is 0 Å². The molecule has 17 heavy (non-hydrogen) atoms. The number of nitrogens with one attached hydrogen (secondary N) is 1. The van der Waals surface area contributed by atoms with Gasteiger partial charge in [-0.3, -0.25) is 0 Å². The highest BCUT2D eigenvalue weighted by Gasteiger charge is 2.19. The van der Waals surface area contributed by atoms with E-state index < -0.39 is 6.10 Å². The predicted octanol–water partition coefficient (Wildman–Crippen LogP) is 0.758. The number of rotatable bonds is 5. The zero-order valence-electron chi connectivity index (χ0n) is 9.86. The normalized spacial score (nSPS) is 18.2. The minimum Gasteiger partial charge on any atom is -0.489 e. The first-order valence-corrected chi connectivity index (χ1v) is 6.52. The Bertz CT molecular complexity index is 353. The molecule has 2 rings (SSSR count). The van der Waals surface area contributed by atoms with Gasteiger partial charge in [0.05, 0.1) is 18.1 Å². The fourth-order valence-corrected chi connectivity index (χ4v) is 2.41. The Kier molecular flexibility index (Phi) is 4.66. The van der Waals surface area contributed by atoms with E-state index in [-0.39, 0.29) is 0 Å². The average molecular weight is 257 g/mol. The molecule has 1 saturated heterocycles. The van der Waals surface area contributed by atoms with Crippen LogP contribution in [0.4, 0.5) is 0 Å². The van der Waals surface area contributed by atoms with Gasteiger partial charge in [-0.25, -0.2) is 0 Å². The number of hydrogen-bond acceptors (Lipinski definition) is 2. The Balaban J connectivity index is 1.75. The van der Waals surface area contributed by atoms with E-state index in [1.54, 1.807) is 6.07 Å². The van der Waals surface area contributed by atoms with Crippen LogP contribution in [0, 0.1) is 0 Å². The van der Waals surface area contributed by atoms with Gasteiger partial charge in [0.1, 0.15) is 25.0 Å². The summed E-state index contributed by atoms with van der Waals surface area (Å²) in [4.78, 5) is 1.47. The van der Waals surface area contributed by atoms with Gasteiger partial charge in [-0.2, -0.15) is 0 Å². The minimum absolute atomic E-state index is 0.313. The number of aliphatic hydroxyl groups excluding tert-OH is 1. The standard InChI is InChI=1S/C13H18ClNO2/c14-12-5-1-2-6-13(12)17-10-11(16)9-15-7-3-4-8-15/h1-2,5-6,11,16H,3-4,7-10H2/p+1/t11-/m0/s1. The average Bonchev–Trinajstić information content (AvgIpc) is 2.81. The largest absolute Gasteiger partial charge is 0.489 e. The molecule has 2 N–H and O–H groups in total. The summed E-state index contributed by atoms with van der Waals surface area (Å²) in [6.45, 7) is 3.42. The number of hydrogen-bond donors (Lipinski definition) is 2. The molecular formula is C13H19ClNO2+. The van der Waals surface area contributed by atoms with Crippen LogP contribution >= 0.6 is 11.6 Å². The van der Waals surface area contributed by atoms with Gasteiger partial charge in [-0.1, -0.05) is 23.7 Å². The maximum Gasteiger partial charge on any atom is 0.138 e. The second-order valence-corrected chi connectivity index (χ2v) is 4.96. The maximum atomic E-state index is 9.87. The number of para-hydroxylation sites is 1. The number of ether oxygens (including phenoxy) is 1. The van der Waals surface area contributed by atoms with Crippen molar-refractivity contribution in [3.05, 3.63) is 29.3 Å². The molecule has 0 spiro atoms. The molecule has 0 aromatic heterocycles. The van der Waals surface area contributed by atoms with Gasteiger partial charge in [-0.15, -0.1) is 0 Å². The van der Waals surface area contributed by atoms with Gasteiger partial charge in [0.15, 0.2) is 0 Å². The first-order valence-electron chi connectivity index (χ1n) is 6.14. The summed E-state index contributed by atoms with van der Waals surface area (Å²) < 4.78 is 5.51. The Hall–Kier alpha value is -0.770. The van der Waals surface area contributed by atoms with Crippen LogP contribution in [0.5, 0.6) is 5.75 Å². The highest BCUT2D eigenvalue weighted by atomic mass is 35.5. The summed E-state index contributed by atoms with van der Waals surface area (Å²) >= 11 is 5.97. The molecule has 0 unspecified atom stereocenters. The number of quaternary nitrogens is 1. The van der Waals surface area contributed by atoms with Gasteiger partial charge < -0.3 is 14.7 Å². The van der Waals surface area contributed by atoms with E-state index in [2.05, 4.69) is 0 Å². The number of likely N-dealkylation sites (tertiary alicyclic amines) is 1. The van der Waals surface area contributed by atoms with Crippen LogP contribution in [0.15, 0.2) is 24.3 Å². The number of aliphatic hydroxyl groups is 1. The molecule has 3 nitrogen and oxygen atoms in total. The molecule has 1 aromatic carbocycles. The molecule has 0 aliphatic carbocycles. The zero-order valence-corrected chi connectivity index (χ0v) is 10.6. The fraction of sp³-hybridized carbons (Fsp3) is 0.538. The minimum atomic E-state index is -0.417. The van der Waals surface area contributed by atoms with Crippen molar-refractivity contribution in [2.45, 2.75) is 18.9 Å². The van der Waals surface area contributed by atoms with Gasteiger partial charge in [0.2, 0.25) is 0 Å². The topological polar surface area (TPSA) is 33.9 Å². The van der Waals surface area contributed by atoms with E-state index in [4.69, 9.17) is 16.3 Å². The fourth-order valence-electron chi connectivity index (χ4n) is 2.22. The molecular weight excluding hydrogens is 238 g/mol. The lowest BCUT2D eigenvalue weighted by Gasteiger charge is -2.17. The zero-order chi connectivity index (χ0) is 12.1. The summed E-state index contributed by atoms with van der Waals surface area (Å²) in [6.07, 6.45) is 2.13. The van der Waals surface area contributed by atoms with Gasteiger partial charge in [0.25, 0.3) is 0 Å². The molecule has 1 heterocycles. The van der Waals surface area contributed by atoms with E-state index in [1.165, 1.54) is 30.8 Å². The maximum absolute atomic E-state index is 9.87. The summed E-state index contributed by atoms with van der Waals surface area (Å²) in [6, 6.07) is 7.34. The van der Waals surface area contributed by atoms with Crippen LogP contribution in [0.25, 0.3) is 0 Å². The second kappa shape index (κ2) is 6.24. The van der Waals surface area contributed by atoms with Crippen molar-refractivity contribution in [1.82, 2.24) is 0 Å². The third-order valence-corrected chi connectivity index (χ3v) is 3.42. The summed E-state index contributed by atoms with van der Waals surface area (Å²) in [5.74, 6) is 0.643. The smallest absolute Gasteiger partial charge is 0.138 e. The summed E-state index contributed by atoms with van der Waals surface area (Å²) in [5, 5.41) is 10.5. The van der Waals surface area contributed by atoms with Gasteiger partial charge in [0, 0.05) is 12.8 Å². The van der Waals surface area contributed by atoms with Gasteiger partial charge >= 0.3 is 0 Å². The Morgan fingerprint density at radius 2 is 2.00 bits per heavy atom. The SMILES string of the molecule is O[C@H](COc1ccccc1Cl)C[NH+]1CCCC1. The van der Waals surface area contributed by atoms with Crippen molar-refractivity contribution in [1.29, 1.82) is 0 Å². The quantitative estimate of drug-likeness (QED) is 0.816. The number of benzene rings is 1. The van der Waals surface area contributed by atoms with Crippen molar-refractivity contribution in [3.63, 3.8) is 0 Å². The van der Waals surface area contributed by atoms with Gasteiger partial charge in [-0.05, 0) is 12.1 Å². The van der Waals surface area contributed by atoms with Crippen LogP contribution < -0.4 is 9.64 Å². The highest BCUT2D eigenvalue weighted by molar-refractivity contribution is 6.32. The summed E-state index contributed by atoms with van der Waals surface area (Å²) in [7, 11) is 0. The van der Waals surface area contributed by atoms with E-state index in [0.29, 0.717) is 17.4 Å². The molecule has 1 aliphatic heterocycles. The molecule has 1 aliphatic rings. The molecule has 0 saturated carbocycles. The van der Waals surface area contributed by atoms with Crippen LogP contribution in [0.1, 0.15) is 12.8 Å². The van der Waals surface area contributed by atoms with E-state index in [0.717, 1.165) is 6.54 Å². The third kappa shape index (κ3) is 3.87. The third-order valence-electron chi connectivity index (χ3n) is 3.10. The molecule has 1 atom stereocenters. The second-order valence-electron chi connectivity index (χ2n) is 4.56. The molecule has 0 amide bonds. The van der Waals surface area contributed by atoms with Crippen molar-refractivity contribution in [3.8, 4) is 5.75 Å². The Morgan fingerprint density at radius 3 is 2.71 bits per heavy atom. The predicted molar refractivity (Wildman–Crippen MR) is 67.8 cm³/mol. The Morgan fingerprint density at radius 1 is 1.29 bits per heavy atom. The molecule has 0 bridgehead atoms. The van der Waals surface area contributed by atoms with E-state index in [9.17, 15) is 5.11 Å². The van der Waals surface area contributed by atoms with Crippen LogP contribution in [0.2, 0.25) is 5.02 Å². The van der Waals surface area contributed by atoms with Crippen molar-refractivity contribution in [2.24, 2.45) is 0 Å². The van der Waals surface area contributed by atoms with Crippen LogP contribution in [0.3, 0.4) is 0 Å². The lowest BCUT2D eigenvalue weighted by molar-refractivity contribution is -0.890. The highest BCUT2D eigenvalue weighted by Crippen LogP contribution is 2.22. The summed E-state index contributed by atoms with van der Waals surface area (Å²) in [5.41, 5.74) is 0. The molecule has 0 radical (unpaired) electrons. The van der Waals surface area contributed by atoms with Crippen LogP contribution in [-0.4, -0.2) is 37.5 Å². The lowest BCUT2D eigenvalue weighted by atomic mass is 10.3. The molecule has 94 valence electrons. The Labute approximate surface area is 107 Å². The first kappa shape index (κ1) is 12.7. The van der Waals surface area contributed by atoms with Crippen molar-refractivity contribution >= 4 is 11.6 Å². The van der Waals surface area contributed by atoms with E-state index >= 15 is 0 Å². The number of halogens is 1. The van der Waals surface area contributed by atoms with Crippen molar-refractivity contribution in [2.75, 3.05) is 26.2 Å². The first-order chi connectivity index (χ1) is 8.25. The monoisotopic (exact) mass is 256 g/mol. The molecule has 4 heteroatoms. The molecule has 1 fully saturated rings. The lowest BCUT2D eigenvalue weighted by Crippen LogP contribution is -3.11. The molecule has 1 aromatic rings.